The van der Waals surface area contributed by atoms with Crippen molar-refractivity contribution in [3.05, 3.63) is 87.9 Å². The van der Waals surface area contributed by atoms with Gasteiger partial charge < -0.3 is 5.32 Å². The maximum Gasteiger partial charge on any atom is 0.269 e. The van der Waals surface area contributed by atoms with E-state index in [9.17, 15) is 14.9 Å². The molecule has 0 aliphatic carbocycles. The first-order chi connectivity index (χ1) is 15.0. The highest BCUT2D eigenvalue weighted by Gasteiger charge is 2.13. The number of carbonyl (C=O) groups is 1. The van der Waals surface area contributed by atoms with Crippen LogP contribution in [0.25, 0.3) is 22.3 Å². The van der Waals surface area contributed by atoms with E-state index in [0.29, 0.717) is 21.6 Å². The van der Waals surface area contributed by atoms with Crippen molar-refractivity contribution in [1.29, 1.82) is 0 Å². The number of nitro benzene ring substituents is 1. The van der Waals surface area contributed by atoms with Gasteiger partial charge in [0, 0.05) is 33.8 Å². The lowest BCUT2D eigenvalue weighted by Crippen LogP contribution is -2.14. The van der Waals surface area contributed by atoms with Crippen LogP contribution in [0.2, 0.25) is 5.02 Å². The largest absolute Gasteiger partial charge is 0.325 e. The van der Waals surface area contributed by atoms with Crippen molar-refractivity contribution in [3.8, 4) is 11.4 Å². The lowest BCUT2D eigenvalue weighted by atomic mass is 10.2. The second-order valence-corrected chi connectivity index (χ2v) is 7.92. The van der Waals surface area contributed by atoms with Gasteiger partial charge in [-0.05, 0) is 30.3 Å². The Labute approximate surface area is 186 Å². The maximum atomic E-state index is 12.4. The molecule has 3 aromatic carbocycles. The van der Waals surface area contributed by atoms with Gasteiger partial charge in [0.15, 0.2) is 5.82 Å². The monoisotopic (exact) mass is 450 g/mol. The minimum absolute atomic E-state index is 0.0369. The number of nitrogens with zero attached hydrogens (tertiary/aromatic N) is 3. The fourth-order valence-corrected chi connectivity index (χ4v) is 3.88. The molecule has 4 rings (SSSR count). The quantitative estimate of drug-likeness (QED) is 0.178. The van der Waals surface area contributed by atoms with Gasteiger partial charge in [-0.2, -0.15) is 0 Å². The van der Waals surface area contributed by atoms with Crippen LogP contribution in [0.1, 0.15) is 0 Å². The van der Waals surface area contributed by atoms with E-state index >= 15 is 0 Å². The van der Waals surface area contributed by atoms with Crippen molar-refractivity contribution >= 4 is 51.5 Å². The Bertz CT molecular complexity index is 1270. The van der Waals surface area contributed by atoms with Crippen LogP contribution in [0.3, 0.4) is 0 Å². The zero-order chi connectivity index (χ0) is 21.8. The van der Waals surface area contributed by atoms with Gasteiger partial charge in [-0.25, -0.2) is 9.97 Å². The number of nitrogens with one attached hydrogen (secondary N) is 1. The molecule has 0 aliphatic heterocycles. The smallest absolute Gasteiger partial charge is 0.269 e. The number of rotatable bonds is 6. The Kier molecular flexibility index (Phi) is 6.11. The standard InChI is InChI=1S/C22H15ClN4O3S/c23-15-6-11-19-18(12-15)22(26-21(25-19)14-4-2-1-3-5-14)31-13-20(28)24-16-7-9-17(10-8-16)27(29)30/h1-12H,13H2,(H,24,28). The number of benzene rings is 3. The van der Waals surface area contributed by atoms with Crippen molar-refractivity contribution in [1.82, 2.24) is 9.97 Å². The Morgan fingerprint density at radius 1 is 1.03 bits per heavy atom. The summed E-state index contributed by atoms with van der Waals surface area (Å²) in [6, 6.07) is 20.6. The number of aromatic nitrogens is 2. The SMILES string of the molecule is O=C(CSc1nc(-c2ccccc2)nc2ccc(Cl)cc12)Nc1ccc([N+](=O)[O-])cc1. The summed E-state index contributed by atoms with van der Waals surface area (Å²) in [7, 11) is 0. The summed E-state index contributed by atoms with van der Waals surface area (Å²) < 4.78 is 0. The molecule has 1 N–H and O–H groups in total. The minimum atomic E-state index is -0.489. The van der Waals surface area contributed by atoms with E-state index in [-0.39, 0.29) is 17.3 Å². The molecular weight excluding hydrogens is 436 g/mol. The average molecular weight is 451 g/mol. The van der Waals surface area contributed by atoms with Gasteiger partial charge in [0.2, 0.25) is 5.91 Å². The van der Waals surface area contributed by atoms with E-state index in [0.717, 1.165) is 16.5 Å². The third kappa shape index (κ3) is 4.99. The molecule has 0 saturated carbocycles. The predicted octanol–water partition coefficient (Wildman–Crippen LogP) is 5.59. The van der Waals surface area contributed by atoms with Crippen molar-refractivity contribution in [2.45, 2.75) is 5.03 Å². The summed E-state index contributed by atoms with van der Waals surface area (Å²) >= 11 is 7.43. The van der Waals surface area contributed by atoms with E-state index in [1.807, 2.05) is 36.4 Å². The first-order valence-electron chi connectivity index (χ1n) is 9.19. The summed E-state index contributed by atoms with van der Waals surface area (Å²) in [4.78, 5) is 32.0. The fourth-order valence-electron chi connectivity index (χ4n) is 2.90. The number of hydrogen-bond donors (Lipinski definition) is 1. The molecule has 0 fully saturated rings. The average Bonchev–Trinajstić information content (AvgIpc) is 2.78. The number of nitro groups is 1. The van der Waals surface area contributed by atoms with Crippen LogP contribution in [-0.2, 0) is 4.79 Å². The Hall–Kier alpha value is -3.49. The summed E-state index contributed by atoms with van der Waals surface area (Å²) in [5.74, 6) is 0.409. The second-order valence-electron chi connectivity index (χ2n) is 6.52. The molecular formula is C22H15ClN4O3S. The van der Waals surface area contributed by atoms with Crippen molar-refractivity contribution < 1.29 is 9.72 Å². The summed E-state index contributed by atoms with van der Waals surface area (Å²) in [5.41, 5.74) is 2.05. The number of thioether (sulfide) groups is 1. The van der Waals surface area contributed by atoms with Gasteiger partial charge in [0.1, 0.15) is 5.03 Å². The zero-order valence-corrected chi connectivity index (χ0v) is 17.6. The topological polar surface area (TPSA) is 98.0 Å². The first-order valence-corrected chi connectivity index (χ1v) is 10.6. The minimum Gasteiger partial charge on any atom is -0.325 e. The van der Waals surface area contributed by atoms with Crippen LogP contribution >= 0.6 is 23.4 Å². The van der Waals surface area contributed by atoms with Gasteiger partial charge in [-0.1, -0.05) is 53.7 Å². The van der Waals surface area contributed by atoms with Gasteiger partial charge in [0.25, 0.3) is 5.69 Å². The lowest BCUT2D eigenvalue weighted by Gasteiger charge is -2.09. The molecule has 9 heteroatoms. The van der Waals surface area contributed by atoms with E-state index in [4.69, 9.17) is 11.6 Å². The lowest BCUT2D eigenvalue weighted by molar-refractivity contribution is -0.384. The molecule has 0 aliphatic rings. The second kappa shape index (κ2) is 9.11. The third-order valence-corrected chi connectivity index (χ3v) is 5.58. The molecule has 0 bridgehead atoms. The highest BCUT2D eigenvalue weighted by molar-refractivity contribution is 8.00. The number of carbonyl (C=O) groups excluding carboxylic acids is 1. The summed E-state index contributed by atoms with van der Waals surface area (Å²) in [6.45, 7) is 0. The normalized spacial score (nSPS) is 10.7. The Morgan fingerprint density at radius 2 is 1.77 bits per heavy atom. The number of non-ortho nitro benzene ring substituents is 1. The van der Waals surface area contributed by atoms with Crippen molar-refractivity contribution in [2.75, 3.05) is 11.1 Å². The first kappa shape index (κ1) is 20.8. The molecule has 0 saturated heterocycles. The molecule has 0 unspecified atom stereocenters. The van der Waals surface area contributed by atoms with Gasteiger partial charge >= 0.3 is 0 Å². The van der Waals surface area contributed by atoms with Crippen LogP contribution in [0, 0.1) is 10.1 Å². The molecule has 7 nitrogen and oxygen atoms in total. The maximum absolute atomic E-state index is 12.4. The highest BCUT2D eigenvalue weighted by Crippen LogP contribution is 2.30. The zero-order valence-electron chi connectivity index (χ0n) is 16.0. The van der Waals surface area contributed by atoms with Gasteiger partial charge in [0.05, 0.1) is 16.2 Å². The van der Waals surface area contributed by atoms with Crippen LogP contribution in [-0.4, -0.2) is 26.6 Å². The number of fused-ring (bicyclic) bond motifs is 1. The molecule has 1 amide bonds. The third-order valence-electron chi connectivity index (χ3n) is 4.36. The van der Waals surface area contributed by atoms with E-state index in [1.54, 1.807) is 12.1 Å². The van der Waals surface area contributed by atoms with Crippen molar-refractivity contribution in [2.24, 2.45) is 0 Å². The van der Waals surface area contributed by atoms with Crippen LogP contribution in [0.4, 0.5) is 11.4 Å². The summed E-state index contributed by atoms with van der Waals surface area (Å²) in [5, 5.41) is 15.4. The van der Waals surface area contributed by atoms with E-state index in [1.165, 1.54) is 36.0 Å². The number of hydrogen-bond acceptors (Lipinski definition) is 6. The molecule has 4 aromatic rings. The molecule has 0 atom stereocenters. The van der Waals surface area contributed by atoms with Crippen LogP contribution in [0.15, 0.2) is 77.8 Å². The molecule has 31 heavy (non-hydrogen) atoms. The van der Waals surface area contributed by atoms with Gasteiger partial charge in [-0.15, -0.1) is 0 Å². The van der Waals surface area contributed by atoms with Crippen molar-refractivity contribution in [3.63, 3.8) is 0 Å². The molecule has 0 radical (unpaired) electrons. The van der Waals surface area contributed by atoms with Crippen LogP contribution in [0.5, 0.6) is 0 Å². The number of anilines is 1. The fraction of sp³-hybridized carbons (Fsp3) is 0.0455. The van der Waals surface area contributed by atoms with Crippen LogP contribution < -0.4 is 5.32 Å². The predicted molar refractivity (Wildman–Crippen MR) is 122 cm³/mol. The molecule has 0 spiro atoms. The number of amides is 1. The highest BCUT2D eigenvalue weighted by atomic mass is 35.5. The molecule has 154 valence electrons. The van der Waals surface area contributed by atoms with Gasteiger partial charge in [-0.3, -0.25) is 14.9 Å². The Morgan fingerprint density at radius 3 is 2.48 bits per heavy atom. The molecule has 1 aromatic heterocycles. The molecule has 1 heterocycles. The van der Waals surface area contributed by atoms with E-state index in [2.05, 4.69) is 15.3 Å². The number of halogens is 1. The Balaban J connectivity index is 1.56. The summed E-state index contributed by atoms with van der Waals surface area (Å²) in [6.07, 6.45) is 0. The van der Waals surface area contributed by atoms with E-state index < -0.39 is 4.92 Å².